The molecular weight excluding hydrogens is 639 g/mol. The van der Waals surface area contributed by atoms with E-state index in [1.54, 1.807) is 33.7 Å². The summed E-state index contributed by atoms with van der Waals surface area (Å²) in [6.07, 6.45) is -4.05. The van der Waals surface area contributed by atoms with Gasteiger partial charge in [-0.1, -0.05) is 62.4 Å². The average molecular weight is 677 g/mol. The number of nitrogens with zero attached hydrogens (tertiary/aromatic N) is 4. The van der Waals surface area contributed by atoms with Crippen LogP contribution in [0.4, 0.5) is 22.0 Å². The number of hydrogen-bond donors (Lipinski definition) is 0. The van der Waals surface area contributed by atoms with Gasteiger partial charge in [-0.2, -0.15) is 18.2 Å². The third-order valence-electron chi connectivity index (χ3n) is 8.63. The summed E-state index contributed by atoms with van der Waals surface area (Å²) in [6, 6.07) is 22.4. The van der Waals surface area contributed by atoms with Gasteiger partial charge in [-0.15, -0.1) is 0 Å². The molecule has 6 nitrogen and oxygen atoms in total. The summed E-state index contributed by atoms with van der Waals surface area (Å²) in [5.74, 6) is -1.30. The van der Waals surface area contributed by atoms with Crippen molar-refractivity contribution in [1.82, 2.24) is 19.4 Å². The van der Waals surface area contributed by atoms with E-state index < -0.39 is 28.9 Å². The number of alkyl halides is 3. The minimum absolute atomic E-state index is 0.122. The molecule has 0 aliphatic rings. The topological polar surface area (TPSA) is 58.4 Å². The quantitative estimate of drug-likeness (QED) is 0.121. The van der Waals surface area contributed by atoms with Gasteiger partial charge in [-0.05, 0) is 78.2 Å². The molecule has 5 aromatic rings. The molecule has 1 amide bonds. The van der Waals surface area contributed by atoms with Crippen LogP contribution in [-0.2, 0) is 36.9 Å². The number of carbonyl (C=O) groups is 1. The van der Waals surface area contributed by atoms with Gasteiger partial charge in [0.1, 0.15) is 24.0 Å². The number of halogens is 5. The van der Waals surface area contributed by atoms with Crippen molar-refractivity contribution in [1.29, 1.82) is 0 Å². The van der Waals surface area contributed by atoms with Gasteiger partial charge in [-0.25, -0.2) is 8.78 Å². The highest BCUT2D eigenvalue weighted by molar-refractivity contribution is 5.82. The molecule has 1 heterocycles. The SMILES string of the molecule is CCN(CC)CCN(Cc1ccc(-c2ccc(C(F)(F)F)cc2)cc1)C(=O)Cn1c(CCc2cc(F)cc(F)c2)nc(=O)c2ccccc21. The van der Waals surface area contributed by atoms with E-state index >= 15 is 0 Å². The fraction of sp³-hybridized carbons (Fsp3) is 0.289. The highest BCUT2D eigenvalue weighted by Crippen LogP contribution is 2.31. The third kappa shape index (κ3) is 8.97. The first-order valence-corrected chi connectivity index (χ1v) is 16.1. The zero-order valence-corrected chi connectivity index (χ0v) is 27.3. The summed E-state index contributed by atoms with van der Waals surface area (Å²) >= 11 is 0. The van der Waals surface area contributed by atoms with E-state index in [4.69, 9.17) is 0 Å². The Morgan fingerprint density at radius 1 is 0.776 bits per heavy atom. The number of fused-ring (bicyclic) bond motifs is 1. The molecule has 0 bridgehead atoms. The van der Waals surface area contributed by atoms with Crippen molar-refractivity contribution in [2.75, 3.05) is 26.2 Å². The summed E-state index contributed by atoms with van der Waals surface area (Å²) in [4.78, 5) is 35.3. The summed E-state index contributed by atoms with van der Waals surface area (Å²) in [6.45, 7) is 6.90. The number of rotatable bonds is 13. The minimum atomic E-state index is -4.41. The molecule has 0 aliphatic carbocycles. The summed E-state index contributed by atoms with van der Waals surface area (Å²) in [5, 5.41) is 0.351. The molecule has 0 radical (unpaired) electrons. The molecule has 0 spiro atoms. The summed E-state index contributed by atoms with van der Waals surface area (Å²) in [5.41, 5.74) is 1.98. The van der Waals surface area contributed by atoms with Crippen molar-refractivity contribution in [3.63, 3.8) is 0 Å². The molecule has 0 saturated heterocycles. The van der Waals surface area contributed by atoms with Crippen molar-refractivity contribution < 1.29 is 26.7 Å². The number of aromatic nitrogens is 2. The number of para-hydroxylation sites is 1. The number of aryl methyl sites for hydroxylation is 2. The molecule has 4 aromatic carbocycles. The maximum absolute atomic E-state index is 14.1. The fourth-order valence-electron chi connectivity index (χ4n) is 5.85. The lowest BCUT2D eigenvalue weighted by Crippen LogP contribution is -2.40. The highest BCUT2D eigenvalue weighted by Gasteiger charge is 2.30. The summed E-state index contributed by atoms with van der Waals surface area (Å²) < 4.78 is 68.6. The van der Waals surface area contributed by atoms with Crippen LogP contribution in [-0.4, -0.2) is 51.4 Å². The Balaban J connectivity index is 1.42. The van der Waals surface area contributed by atoms with Gasteiger partial charge >= 0.3 is 6.18 Å². The van der Waals surface area contributed by atoms with Crippen molar-refractivity contribution in [2.45, 2.75) is 46.0 Å². The normalized spacial score (nSPS) is 11.8. The molecule has 256 valence electrons. The smallest absolute Gasteiger partial charge is 0.336 e. The van der Waals surface area contributed by atoms with E-state index in [9.17, 15) is 31.5 Å². The summed E-state index contributed by atoms with van der Waals surface area (Å²) in [7, 11) is 0. The van der Waals surface area contributed by atoms with Crippen molar-refractivity contribution in [3.05, 3.63) is 135 Å². The molecule has 0 aliphatic heterocycles. The maximum Gasteiger partial charge on any atom is 0.416 e. The molecule has 1 aromatic heterocycles. The molecule has 49 heavy (non-hydrogen) atoms. The lowest BCUT2D eigenvalue weighted by Gasteiger charge is -2.28. The monoisotopic (exact) mass is 676 g/mol. The number of carbonyl (C=O) groups excluding carboxylic acids is 1. The number of amides is 1. The second-order valence-corrected chi connectivity index (χ2v) is 11.8. The average Bonchev–Trinajstić information content (AvgIpc) is 3.08. The Morgan fingerprint density at radius 3 is 2.00 bits per heavy atom. The van der Waals surface area contributed by atoms with E-state index in [0.29, 0.717) is 40.9 Å². The number of hydrogen-bond acceptors (Lipinski definition) is 4. The first-order valence-electron chi connectivity index (χ1n) is 16.1. The molecule has 11 heteroatoms. The van der Waals surface area contributed by atoms with Gasteiger partial charge in [0.2, 0.25) is 5.91 Å². The van der Waals surface area contributed by atoms with Gasteiger partial charge in [0.05, 0.1) is 16.5 Å². The van der Waals surface area contributed by atoms with Crippen LogP contribution in [0.5, 0.6) is 0 Å². The van der Waals surface area contributed by atoms with E-state index in [1.807, 2.05) is 38.1 Å². The first-order chi connectivity index (χ1) is 23.4. The van der Waals surface area contributed by atoms with Gasteiger partial charge in [0.25, 0.3) is 5.56 Å². The lowest BCUT2D eigenvalue weighted by atomic mass is 10.0. The predicted molar refractivity (Wildman–Crippen MR) is 180 cm³/mol. The Labute approximate surface area is 281 Å². The van der Waals surface area contributed by atoms with Gasteiger partial charge in [0, 0.05) is 32.1 Å². The lowest BCUT2D eigenvalue weighted by molar-refractivity contribution is -0.137. The van der Waals surface area contributed by atoms with Crippen molar-refractivity contribution in [3.8, 4) is 11.1 Å². The highest BCUT2D eigenvalue weighted by atomic mass is 19.4. The van der Waals surface area contributed by atoms with Gasteiger partial charge in [0.15, 0.2) is 0 Å². The molecule has 5 rings (SSSR count). The zero-order chi connectivity index (χ0) is 35.1. The van der Waals surface area contributed by atoms with Crippen LogP contribution in [0.1, 0.15) is 36.4 Å². The Morgan fingerprint density at radius 2 is 1.39 bits per heavy atom. The van der Waals surface area contributed by atoms with Crippen LogP contribution in [0.15, 0.2) is 95.8 Å². The molecule has 0 atom stereocenters. The Bertz CT molecular complexity index is 1930. The Kier molecular flexibility index (Phi) is 11.2. The first kappa shape index (κ1) is 35.4. The van der Waals surface area contributed by atoms with Gasteiger partial charge in [-0.3, -0.25) is 9.59 Å². The standard InChI is InChI=1S/C38H37F5N4O2/c1-3-45(4-2)19-20-46(24-26-9-12-28(13-10-26)29-14-16-30(17-15-29)38(41,42)43)36(48)25-47-34-8-6-5-7-33(34)37(49)44-35(47)18-11-27-21-31(39)23-32(40)22-27/h5-10,12-17,21-23H,3-4,11,18-20,24-25H2,1-2H3. The largest absolute Gasteiger partial charge is 0.416 e. The second kappa shape index (κ2) is 15.5. The molecular formula is C38H37F5N4O2. The van der Waals surface area contributed by atoms with E-state index in [1.165, 1.54) is 24.3 Å². The van der Waals surface area contributed by atoms with E-state index in [0.717, 1.165) is 42.4 Å². The van der Waals surface area contributed by atoms with E-state index in [-0.39, 0.29) is 31.8 Å². The molecule has 0 unspecified atom stereocenters. The van der Waals surface area contributed by atoms with Crippen LogP contribution >= 0.6 is 0 Å². The van der Waals surface area contributed by atoms with Crippen LogP contribution in [0, 0.1) is 11.6 Å². The fourth-order valence-corrected chi connectivity index (χ4v) is 5.85. The number of likely N-dealkylation sites (N-methyl/N-ethyl adjacent to an activating group) is 1. The maximum atomic E-state index is 14.1. The van der Waals surface area contributed by atoms with Crippen LogP contribution < -0.4 is 5.56 Å². The van der Waals surface area contributed by atoms with E-state index in [2.05, 4.69) is 9.88 Å². The van der Waals surface area contributed by atoms with Crippen molar-refractivity contribution >= 4 is 16.8 Å². The van der Waals surface area contributed by atoms with Crippen molar-refractivity contribution in [2.24, 2.45) is 0 Å². The van der Waals surface area contributed by atoms with Crippen LogP contribution in [0.25, 0.3) is 22.0 Å². The Hall–Kier alpha value is -4.90. The molecule has 0 saturated carbocycles. The zero-order valence-electron chi connectivity index (χ0n) is 27.3. The molecule has 0 fully saturated rings. The second-order valence-electron chi connectivity index (χ2n) is 11.8. The molecule has 0 N–H and O–H groups in total. The van der Waals surface area contributed by atoms with Crippen LogP contribution in [0.3, 0.4) is 0 Å². The predicted octanol–water partition coefficient (Wildman–Crippen LogP) is 7.52. The number of benzene rings is 4. The van der Waals surface area contributed by atoms with Gasteiger partial charge < -0.3 is 14.4 Å². The minimum Gasteiger partial charge on any atom is -0.336 e. The third-order valence-corrected chi connectivity index (χ3v) is 8.63. The van der Waals surface area contributed by atoms with Crippen LogP contribution in [0.2, 0.25) is 0 Å².